The van der Waals surface area contributed by atoms with Crippen LogP contribution in [0.25, 0.3) is 11.1 Å². The Labute approximate surface area is 212 Å². The van der Waals surface area contributed by atoms with E-state index in [4.69, 9.17) is 11.6 Å². The van der Waals surface area contributed by atoms with E-state index < -0.39 is 23.9 Å². The molecule has 0 aromatic heterocycles. The fraction of sp³-hybridized carbons (Fsp3) is 0.310. The molecule has 6 heteroatoms. The number of carboxylic acid groups (broad SMARTS) is 1. The molecule has 0 aliphatic rings. The van der Waals surface area contributed by atoms with E-state index >= 15 is 0 Å². The number of aliphatic hydroxyl groups is 1. The molecule has 3 unspecified atom stereocenters. The van der Waals surface area contributed by atoms with Crippen LogP contribution in [0.3, 0.4) is 0 Å². The van der Waals surface area contributed by atoms with E-state index in [2.05, 4.69) is 0 Å². The molecule has 0 heterocycles. The highest BCUT2D eigenvalue weighted by Crippen LogP contribution is 2.35. The fourth-order valence-electron chi connectivity index (χ4n) is 4.42. The molecule has 1 amide bonds. The molecule has 184 valence electrons. The normalized spacial score (nSPS) is 13.6. The monoisotopic (exact) mass is 493 g/mol. The summed E-state index contributed by atoms with van der Waals surface area (Å²) in [5, 5.41) is 21.6. The van der Waals surface area contributed by atoms with Crippen molar-refractivity contribution in [3.05, 3.63) is 94.5 Å². The van der Waals surface area contributed by atoms with Gasteiger partial charge in [0.15, 0.2) is 0 Å². The Kier molecular flexibility index (Phi) is 9.07. The first-order valence-electron chi connectivity index (χ1n) is 11.9. The van der Waals surface area contributed by atoms with Crippen LogP contribution in [0.15, 0.2) is 72.8 Å². The predicted molar refractivity (Wildman–Crippen MR) is 140 cm³/mol. The molecule has 0 aliphatic carbocycles. The molecular weight excluding hydrogens is 462 g/mol. The van der Waals surface area contributed by atoms with E-state index in [1.807, 2.05) is 81.4 Å². The molecule has 2 N–H and O–H groups in total. The van der Waals surface area contributed by atoms with Crippen LogP contribution in [-0.4, -0.2) is 40.1 Å². The number of aliphatic carboxylic acids is 1. The number of carbonyl (C=O) groups excluding carboxylic acids is 1. The topological polar surface area (TPSA) is 77.8 Å². The molecule has 0 fully saturated rings. The molecule has 5 nitrogen and oxygen atoms in total. The van der Waals surface area contributed by atoms with Crippen LogP contribution in [-0.2, 0) is 4.79 Å². The molecule has 0 saturated carbocycles. The molecule has 0 saturated heterocycles. The lowest BCUT2D eigenvalue weighted by atomic mass is 9.80. The maximum absolute atomic E-state index is 13.1. The second kappa shape index (κ2) is 12.0. The Bertz CT molecular complexity index is 1140. The highest BCUT2D eigenvalue weighted by Gasteiger charge is 2.31. The summed E-state index contributed by atoms with van der Waals surface area (Å²) in [6.45, 7) is 6.80. The van der Waals surface area contributed by atoms with E-state index in [1.165, 1.54) is 0 Å². The summed E-state index contributed by atoms with van der Waals surface area (Å²) < 4.78 is 0. The maximum atomic E-state index is 13.1. The molecule has 3 aromatic carbocycles. The summed E-state index contributed by atoms with van der Waals surface area (Å²) in [5.41, 5.74) is 3.82. The Balaban J connectivity index is 1.81. The highest BCUT2D eigenvalue weighted by atomic mass is 35.5. The van der Waals surface area contributed by atoms with Gasteiger partial charge in [-0.25, -0.2) is 0 Å². The van der Waals surface area contributed by atoms with Crippen LogP contribution < -0.4 is 0 Å². The van der Waals surface area contributed by atoms with Crippen molar-refractivity contribution in [2.45, 2.75) is 39.2 Å². The van der Waals surface area contributed by atoms with E-state index in [1.54, 1.807) is 17.0 Å². The van der Waals surface area contributed by atoms with Crippen LogP contribution in [0, 0.1) is 5.92 Å². The minimum absolute atomic E-state index is 0.0323. The number of hydrogen-bond donors (Lipinski definition) is 2. The quantitative estimate of drug-likeness (QED) is 0.341. The Hall–Kier alpha value is -3.15. The fourth-order valence-corrected chi connectivity index (χ4v) is 4.55. The van der Waals surface area contributed by atoms with Crippen molar-refractivity contribution in [2.24, 2.45) is 5.92 Å². The van der Waals surface area contributed by atoms with Crippen molar-refractivity contribution in [1.29, 1.82) is 0 Å². The van der Waals surface area contributed by atoms with Crippen molar-refractivity contribution in [1.82, 2.24) is 4.90 Å². The highest BCUT2D eigenvalue weighted by molar-refractivity contribution is 6.30. The van der Waals surface area contributed by atoms with Crippen molar-refractivity contribution in [3.8, 4) is 11.1 Å². The van der Waals surface area contributed by atoms with Gasteiger partial charge < -0.3 is 15.1 Å². The molecule has 35 heavy (non-hydrogen) atoms. The van der Waals surface area contributed by atoms with Gasteiger partial charge in [0.05, 0.1) is 12.0 Å². The van der Waals surface area contributed by atoms with Gasteiger partial charge >= 0.3 is 5.97 Å². The van der Waals surface area contributed by atoms with Gasteiger partial charge in [-0.15, -0.1) is 0 Å². The number of aliphatic hydroxyl groups excluding tert-OH is 1. The summed E-state index contributed by atoms with van der Waals surface area (Å²) in [6.07, 6.45) is -0.923. The van der Waals surface area contributed by atoms with Gasteiger partial charge in [0, 0.05) is 23.7 Å². The van der Waals surface area contributed by atoms with Gasteiger partial charge in [0.1, 0.15) is 0 Å². The third-order valence-electron chi connectivity index (χ3n) is 6.60. The maximum Gasteiger partial charge on any atom is 0.307 e. The third-order valence-corrected chi connectivity index (χ3v) is 6.86. The largest absolute Gasteiger partial charge is 0.481 e. The third kappa shape index (κ3) is 6.30. The summed E-state index contributed by atoms with van der Waals surface area (Å²) in [7, 11) is 0. The van der Waals surface area contributed by atoms with Crippen molar-refractivity contribution >= 4 is 23.5 Å². The van der Waals surface area contributed by atoms with Crippen molar-refractivity contribution < 1.29 is 19.8 Å². The number of benzene rings is 3. The van der Waals surface area contributed by atoms with Crippen LogP contribution >= 0.6 is 11.6 Å². The average molecular weight is 494 g/mol. The summed E-state index contributed by atoms with van der Waals surface area (Å²) in [4.78, 5) is 27.0. The molecule has 0 bridgehead atoms. The number of carboxylic acids is 1. The molecular formula is C29H32ClNO4. The molecule has 3 rings (SSSR count). The number of hydrogen-bond acceptors (Lipinski definition) is 3. The zero-order chi connectivity index (χ0) is 25.5. The van der Waals surface area contributed by atoms with Crippen molar-refractivity contribution in [3.63, 3.8) is 0 Å². The van der Waals surface area contributed by atoms with Gasteiger partial charge in [-0.1, -0.05) is 73.1 Å². The lowest BCUT2D eigenvalue weighted by Crippen LogP contribution is -2.32. The number of halogens is 1. The number of amides is 1. The lowest BCUT2D eigenvalue weighted by molar-refractivity contribution is -0.143. The summed E-state index contributed by atoms with van der Waals surface area (Å²) in [5.74, 6) is -2.45. The Morgan fingerprint density at radius 3 is 1.97 bits per heavy atom. The first-order valence-corrected chi connectivity index (χ1v) is 12.3. The number of rotatable bonds is 10. The van der Waals surface area contributed by atoms with E-state index in [9.17, 15) is 19.8 Å². The Morgan fingerprint density at radius 2 is 1.43 bits per heavy atom. The van der Waals surface area contributed by atoms with E-state index in [0.717, 1.165) is 11.1 Å². The summed E-state index contributed by atoms with van der Waals surface area (Å²) >= 11 is 5.96. The minimum atomic E-state index is -1.00. The predicted octanol–water partition coefficient (Wildman–Crippen LogP) is 6.42. The van der Waals surface area contributed by atoms with Crippen LogP contribution in [0.2, 0.25) is 5.02 Å². The second-order valence-corrected chi connectivity index (χ2v) is 9.11. The first kappa shape index (κ1) is 26.5. The SMILES string of the molecule is CCN(CC)C(=O)c1ccccc1C(C)C(CC(O)c1ccc(-c2ccc(Cl)cc2)cc1)C(=O)O. The van der Waals surface area contributed by atoms with Gasteiger partial charge in [0.25, 0.3) is 5.91 Å². The van der Waals surface area contributed by atoms with Gasteiger partial charge in [0.2, 0.25) is 0 Å². The minimum Gasteiger partial charge on any atom is -0.481 e. The zero-order valence-electron chi connectivity index (χ0n) is 20.3. The van der Waals surface area contributed by atoms with Crippen LogP contribution in [0.1, 0.15) is 60.7 Å². The van der Waals surface area contributed by atoms with Crippen LogP contribution in [0.5, 0.6) is 0 Å². The molecule has 3 atom stereocenters. The van der Waals surface area contributed by atoms with Gasteiger partial charge in [-0.05, 0) is 66.6 Å². The van der Waals surface area contributed by atoms with E-state index in [0.29, 0.717) is 34.8 Å². The van der Waals surface area contributed by atoms with Gasteiger partial charge in [-0.3, -0.25) is 9.59 Å². The second-order valence-electron chi connectivity index (χ2n) is 8.68. The first-order chi connectivity index (χ1) is 16.8. The van der Waals surface area contributed by atoms with Gasteiger partial charge in [-0.2, -0.15) is 0 Å². The average Bonchev–Trinajstić information content (AvgIpc) is 2.87. The number of nitrogens with zero attached hydrogens (tertiary/aromatic N) is 1. The summed E-state index contributed by atoms with van der Waals surface area (Å²) in [6, 6.07) is 22.1. The Morgan fingerprint density at radius 1 is 0.886 bits per heavy atom. The van der Waals surface area contributed by atoms with Crippen molar-refractivity contribution in [2.75, 3.05) is 13.1 Å². The number of carbonyl (C=O) groups is 2. The molecule has 0 aliphatic heterocycles. The van der Waals surface area contributed by atoms with Crippen LogP contribution in [0.4, 0.5) is 0 Å². The smallest absolute Gasteiger partial charge is 0.307 e. The zero-order valence-corrected chi connectivity index (χ0v) is 21.1. The molecule has 3 aromatic rings. The van der Waals surface area contributed by atoms with E-state index in [-0.39, 0.29) is 12.3 Å². The lowest BCUT2D eigenvalue weighted by Gasteiger charge is -2.27. The standard InChI is InChI=1S/C29H32ClNO4/c1-4-31(5-2)28(33)25-9-7-6-8-24(25)19(3)26(29(34)35)18-27(32)22-12-10-20(11-13-22)21-14-16-23(30)17-15-21/h6-17,19,26-27,32H,4-5,18H2,1-3H3,(H,34,35). The molecule has 0 spiro atoms. The molecule has 0 radical (unpaired) electrons.